The fraction of sp³-hybridized carbons (Fsp3) is 0.154. The Balaban J connectivity index is 1.33. The summed E-state index contributed by atoms with van der Waals surface area (Å²) >= 11 is 10.9. The average molecular weight is 673 g/mol. The van der Waals surface area contributed by atoms with E-state index in [1.165, 1.54) is 0 Å². The van der Waals surface area contributed by atoms with Gasteiger partial charge < -0.3 is 20.9 Å². The zero-order valence-electron chi connectivity index (χ0n) is 26.4. The van der Waals surface area contributed by atoms with E-state index >= 15 is 0 Å². The van der Waals surface area contributed by atoms with Crippen molar-refractivity contribution < 1.29 is 4.79 Å². The number of nitrogens with one attached hydrogen (secondary N) is 1. The topological polar surface area (TPSA) is 114 Å². The maximum atomic E-state index is 14.2. The molecule has 1 amide bonds. The lowest BCUT2D eigenvalue weighted by Crippen LogP contribution is -2.30. The summed E-state index contributed by atoms with van der Waals surface area (Å²) in [6, 6.07) is 37.2. The molecule has 0 spiro atoms. The van der Waals surface area contributed by atoms with Crippen LogP contribution in [0.15, 0.2) is 120 Å². The van der Waals surface area contributed by atoms with Gasteiger partial charge in [-0.05, 0) is 70.6 Å². The molecule has 0 aliphatic heterocycles. The van der Waals surface area contributed by atoms with Gasteiger partial charge in [0, 0.05) is 47.1 Å². The minimum atomic E-state index is -0.0860. The Morgan fingerprint density at radius 3 is 2.04 bits per heavy atom. The fourth-order valence-corrected chi connectivity index (χ4v) is 6.15. The third-order valence-corrected chi connectivity index (χ3v) is 9.19. The number of hydrogen-bond acceptors (Lipinski definition) is 5. The van der Waals surface area contributed by atoms with Crippen molar-refractivity contribution in [1.82, 2.24) is 14.5 Å². The molecule has 0 saturated carbocycles. The number of benzene rings is 5. The molecule has 0 aliphatic rings. The van der Waals surface area contributed by atoms with Gasteiger partial charge in [0.2, 0.25) is 0 Å². The minimum Gasteiger partial charge on any atom is -0.384 e. The number of carbonyl (C=O) groups is 1. The first-order valence-electron chi connectivity index (χ1n) is 15.8. The standard InChI is InChI=1S/C39H37ClN6OS/c40-33-17-11-29(12-18-33)24-45(23-28-7-5-27(22-41)6-8-28)39(47)31-16-19-35-34(21-31)44-37(46(35)25-32-3-1-2-4-36(32)48)20-13-26-9-14-30(15-10-26)38(42)43/h1-12,14-19,21,48H,13,20,22-25,41H2,(H3,42,43). The summed E-state index contributed by atoms with van der Waals surface area (Å²) in [5.74, 6) is 0.882. The number of rotatable bonds is 12. The van der Waals surface area contributed by atoms with Gasteiger partial charge in [0.1, 0.15) is 11.7 Å². The van der Waals surface area contributed by atoms with Crippen LogP contribution < -0.4 is 11.5 Å². The van der Waals surface area contributed by atoms with Gasteiger partial charge in [-0.3, -0.25) is 10.2 Å². The number of carbonyl (C=O) groups excluding carboxylic acids is 1. The van der Waals surface area contributed by atoms with Crippen molar-refractivity contribution in [2.45, 2.75) is 43.9 Å². The van der Waals surface area contributed by atoms with Crippen LogP contribution in [-0.4, -0.2) is 26.2 Å². The summed E-state index contributed by atoms with van der Waals surface area (Å²) in [7, 11) is 0. The highest BCUT2D eigenvalue weighted by Crippen LogP contribution is 2.25. The normalized spacial score (nSPS) is 11.1. The number of amides is 1. The number of aryl methyl sites for hydroxylation is 2. The van der Waals surface area contributed by atoms with Gasteiger partial charge in [0.05, 0.1) is 17.6 Å². The molecule has 0 atom stereocenters. The molecule has 0 unspecified atom stereocenters. The number of amidine groups is 1. The number of halogens is 1. The van der Waals surface area contributed by atoms with Gasteiger partial charge >= 0.3 is 0 Å². The Morgan fingerprint density at radius 1 is 0.792 bits per heavy atom. The van der Waals surface area contributed by atoms with Crippen LogP contribution in [0.2, 0.25) is 5.02 Å². The van der Waals surface area contributed by atoms with Crippen molar-refractivity contribution >= 4 is 47.0 Å². The molecule has 0 bridgehead atoms. The number of nitrogen functional groups attached to an aromatic ring is 1. The van der Waals surface area contributed by atoms with Gasteiger partial charge in [-0.2, -0.15) is 0 Å². The van der Waals surface area contributed by atoms with Crippen molar-refractivity contribution in [3.05, 3.63) is 165 Å². The van der Waals surface area contributed by atoms with Crippen molar-refractivity contribution in [3.63, 3.8) is 0 Å². The molecule has 242 valence electrons. The maximum absolute atomic E-state index is 14.2. The molecule has 0 radical (unpaired) electrons. The molecule has 9 heteroatoms. The number of hydrogen-bond donors (Lipinski definition) is 4. The molecule has 6 aromatic rings. The van der Waals surface area contributed by atoms with Crippen LogP contribution >= 0.6 is 24.2 Å². The lowest BCUT2D eigenvalue weighted by Gasteiger charge is -2.23. The van der Waals surface area contributed by atoms with Gasteiger partial charge in [-0.25, -0.2) is 4.98 Å². The molecule has 5 N–H and O–H groups in total. The van der Waals surface area contributed by atoms with E-state index in [-0.39, 0.29) is 11.7 Å². The summed E-state index contributed by atoms with van der Waals surface area (Å²) in [5, 5.41) is 8.34. The van der Waals surface area contributed by atoms with E-state index < -0.39 is 0 Å². The lowest BCUT2D eigenvalue weighted by atomic mass is 10.1. The van der Waals surface area contributed by atoms with Crippen LogP contribution in [0.3, 0.4) is 0 Å². The largest absolute Gasteiger partial charge is 0.384 e. The lowest BCUT2D eigenvalue weighted by molar-refractivity contribution is 0.0730. The van der Waals surface area contributed by atoms with Crippen molar-refractivity contribution in [1.29, 1.82) is 5.41 Å². The number of nitrogens with two attached hydrogens (primary N) is 2. The SMILES string of the molecule is N=C(N)c1ccc(CCc2nc3cc(C(=O)N(Cc4ccc(Cl)cc4)Cc4ccc(CN)cc4)ccc3n2Cc2ccccc2S)cc1. The first-order valence-corrected chi connectivity index (χ1v) is 16.6. The molecule has 0 aliphatic carbocycles. The molecule has 6 rings (SSSR count). The van der Waals surface area contributed by atoms with Crippen LogP contribution in [0.25, 0.3) is 11.0 Å². The van der Waals surface area contributed by atoms with Crippen LogP contribution in [0.4, 0.5) is 0 Å². The highest BCUT2D eigenvalue weighted by Gasteiger charge is 2.20. The number of thiol groups is 1. The Bertz CT molecular complexity index is 2060. The van der Waals surface area contributed by atoms with Crippen LogP contribution in [0.5, 0.6) is 0 Å². The zero-order chi connectivity index (χ0) is 33.6. The number of fused-ring (bicyclic) bond motifs is 1. The second kappa shape index (κ2) is 14.9. The van der Waals surface area contributed by atoms with E-state index in [4.69, 9.17) is 46.1 Å². The van der Waals surface area contributed by atoms with Crippen molar-refractivity contribution in [2.24, 2.45) is 11.5 Å². The summed E-state index contributed by atoms with van der Waals surface area (Å²) in [4.78, 5) is 22.1. The van der Waals surface area contributed by atoms with Crippen molar-refractivity contribution in [2.75, 3.05) is 0 Å². The average Bonchev–Trinajstić information content (AvgIpc) is 3.45. The Hall–Kier alpha value is -4.89. The molecule has 0 fully saturated rings. The van der Waals surface area contributed by atoms with Gasteiger partial charge in [0.25, 0.3) is 5.91 Å². The molecular formula is C39H37ClN6OS. The molecule has 1 heterocycles. The summed E-state index contributed by atoms with van der Waals surface area (Å²) in [6.45, 7) is 1.93. The summed E-state index contributed by atoms with van der Waals surface area (Å²) < 4.78 is 2.22. The highest BCUT2D eigenvalue weighted by atomic mass is 35.5. The van der Waals surface area contributed by atoms with E-state index in [0.29, 0.717) is 48.7 Å². The Labute approximate surface area is 291 Å². The van der Waals surface area contributed by atoms with E-state index in [1.807, 2.05) is 114 Å². The number of imidazole rings is 1. The molecule has 48 heavy (non-hydrogen) atoms. The fourth-order valence-electron chi connectivity index (χ4n) is 5.80. The third-order valence-electron chi connectivity index (χ3n) is 8.50. The first kappa shape index (κ1) is 33.0. The second-order valence-electron chi connectivity index (χ2n) is 11.9. The molecular weight excluding hydrogens is 636 g/mol. The van der Waals surface area contributed by atoms with Crippen molar-refractivity contribution in [3.8, 4) is 0 Å². The van der Waals surface area contributed by atoms with Gasteiger partial charge in [0.15, 0.2) is 0 Å². The van der Waals surface area contributed by atoms with Crippen LogP contribution in [0.1, 0.15) is 49.6 Å². The zero-order valence-corrected chi connectivity index (χ0v) is 28.1. The van der Waals surface area contributed by atoms with E-state index in [1.54, 1.807) is 0 Å². The predicted molar refractivity (Wildman–Crippen MR) is 197 cm³/mol. The van der Waals surface area contributed by atoms with E-state index in [9.17, 15) is 4.79 Å². The number of aromatic nitrogens is 2. The second-order valence-corrected chi connectivity index (χ2v) is 12.8. The predicted octanol–water partition coefficient (Wildman–Crippen LogP) is 7.40. The molecule has 1 aromatic heterocycles. The van der Waals surface area contributed by atoms with Gasteiger partial charge in [-0.1, -0.05) is 90.5 Å². The van der Waals surface area contributed by atoms with Crippen LogP contribution in [-0.2, 0) is 39.0 Å². The Kier molecular flexibility index (Phi) is 10.3. The molecule has 0 saturated heterocycles. The van der Waals surface area contributed by atoms with Crippen LogP contribution in [0, 0.1) is 5.41 Å². The summed E-state index contributed by atoms with van der Waals surface area (Å²) in [6.07, 6.45) is 1.45. The monoisotopic (exact) mass is 672 g/mol. The van der Waals surface area contributed by atoms with E-state index in [2.05, 4.69) is 10.6 Å². The minimum absolute atomic E-state index is 0.0512. The Morgan fingerprint density at radius 2 is 1.40 bits per heavy atom. The maximum Gasteiger partial charge on any atom is 0.254 e. The molecule has 7 nitrogen and oxygen atoms in total. The third kappa shape index (κ3) is 7.80. The summed E-state index contributed by atoms with van der Waals surface area (Å²) in [5.41, 5.74) is 19.7. The molecule has 5 aromatic carbocycles. The number of nitrogens with zero attached hydrogens (tertiary/aromatic N) is 3. The first-order chi connectivity index (χ1) is 23.3. The van der Waals surface area contributed by atoms with Gasteiger partial charge in [-0.15, -0.1) is 12.6 Å². The van der Waals surface area contributed by atoms with E-state index in [0.717, 1.165) is 56.0 Å². The quantitative estimate of drug-likeness (QED) is 0.0616. The smallest absolute Gasteiger partial charge is 0.254 e. The highest BCUT2D eigenvalue weighted by molar-refractivity contribution is 7.80.